The summed E-state index contributed by atoms with van der Waals surface area (Å²) >= 11 is 6.15. The zero-order valence-electron chi connectivity index (χ0n) is 10.2. The molecule has 1 heterocycles. The van der Waals surface area contributed by atoms with Crippen LogP contribution in [0, 0.1) is 0 Å². The van der Waals surface area contributed by atoms with Gasteiger partial charge in [-0.1, -0.05) is 17.7 Å². The molecule has 0 fully saturated rings. The Kier molecular flexibility index (Phi) is 2.80. The van der Waals surface area contributed by atoms with Crippen LogP contribution in [0.15, 0.2) is 40.8 Å². The SMILES string of the molecule is COc1cccc2oc(-c3cc(N)ccc3Cl)nc12. The number of hydrogen-bond donors (Lipinski definition) is 1. The first kappa shape index (κ1) is 11.9. The van der Waals surface area contributed by atoms with E-state index in [9.17, 15) is 0 Å². The molecule has 96 valence electrons. The van der Waals surface area contributed by atoms with Crippen molar-refractivity contribution in [3.8, 4) is 17.2 Å². The molecular weight excluding hydrogens is 264 g/mol. The monoisotopic (exact) mass is 274 g/mol. The smallest absolute Gasteiger partial charge is 0.229 e. The highest BCUT2D eigenvalue weighted by Crippen LogP contribution is 2.34. The normalized spacial score (nSPS) is 10.8. The first-order valence-corrected chi connectivity index (χ1v) is 6.06. The number of nitrogen functional groups attached to an aromatic ring is 1. The molecule has 3 aromatic rings. The lowest BCUT2D eigenvalue weighted by Gasteiger charge is -2.00. The van der Waals surface area contributed by atoms with Gasteiger partial charge in [0, 0.05) is 5.69 Å². The highest BCUT2D eigenvalue weighted by Gasteiger charge is 2.14. The van der Waals surface area contributed by atoms with Gasteiger partial charge in [0.2, 0.25) is 5.89 Å². The van der Waals surface area contributed by atoms with Crippen molar-refractivity contribution in [1.29, 1.82) is 0 Å². The van der Waals surface area contributed by atoms with Gasteiger partial charge in [0.05, 0.1) is 17.7 Å². The van der Waals surface area contributed by atoms with Gasteiger partial charge in [-0.25, -0.2) is 4.98 Å². The maximum atomic E-state index is 6.15. The molecule has 0 unspecified atom stereocenters. The van der Waals surface area contributed by atoms with Crippen LogP contribution in [0.1, 0.15) is 0 Å². The number of hydrogen-bond acceptors (Lipinski definition) is 4. The standard InChI is InChI=1S/C14H11ClN2O2/c1-18-11-3-2-4-12-13(11)17-14(19-12)9-7-8(16)5-6-10(9)15/h2-7H,16H2,1H3. The Morgan fingerprint density at radius 2 is 2.11 bits per heavy atom. The maximum Gasteiger partial charge on any atom is 0.229 e. The molecule has 4 nitrogen and oxygen atoms in total. The van der Waals surface area contributed by atoms with Gasteiger partial charge < -0.3 is 14.9 Å². The van der Waals surface area contributed by atoms with E-state index < -0.39 is 0 Å². The van der Waals surface area contributed by atoms with Crippen LogP contribution in [0.2, 0.25) is 5.02 Å². The zero-order chi connectivity index (χ0) is 13.4. The first-order valence-electron chi connectivity index (χ1n) is 5.68. The Morgan fingerprint density at radius 1 is 1.26 bits per heavy atom. The molecule has 5 heteroatoms. The molecule has 0 amide bonds. The number of benzene rings is 2. The molecule has 19 heavy (non-hydrogen) atoms. The van der Waals surface area contributed by atoms with E-state index in [1.807, 2.05) is 18.2 Å². The average molecular weight is 275 g/mol. The lowest BCUT2D eigenvalue weighted by molar-refractivity contribution is 0.419. The molecule has 0 bridgehead atoms. The summed E-state index contributed by atoms with van der Waals surface area (Å²) in [6, 6.07) is 10.7. The number of para-hydroxylation sites is 1. The molecular formula is C14H11ClN2O2. The van der Waals surface area contributed by atoms with Crippen LogP contribution in [0.25, 0.3) is 22.6 Å². The zero-order valence-corrected chi connectivity index (χ0v) is 10.9. The Hall–Kier alpha value is -2.20. The molecule has 0 aliphatic carbocycles. The quantitative estimate of drug-likeness (QED) is 0.723. The van der Waals surface area contributed by atoms with Crippen LogP contribution in [0.5, 0.6) is 5.75 Å². The summed E-state index contributed by atoms with van der Waals surface area (Å²) in [5.41, 5.74) is 8.35. The molecule has 0 aliphatic heterocycles. The predicted molar refractivity (Wildman–Crippen MR) is 75.4 cm³/mol. The van der Waals surface area contributed by atoms with Crippen molar-refractivity contribution in [3.63, 3.8) is 0 Å². The minimum absolute atomic E-state index is 0.428. The van der Waals surface area contributed by atoms with Gasteiger partial charge in [0.15, 0.2) is 11.1 Å². The number of oxazole rings is 1. The Balaban J connectivity index is 2.23. The van der Waals surface area contributed by atoms with E-state index in [1.54, 1.807) is 25.3 Å². The van der Waals surface area contributed by atoms with Crippen LogP contribution in [-0.2, 0) is 0 Å². The fourth-order valence-electron chi connectivity index (χ4n) is 1.91. The average Bonchev–Trinajstić information content (AvgIpc) is 2.85. The summed E-state index contributed by atoms with van der Waals surface area (Å²) in [7, 11) is 1.59. The van der Waals surface area contributed by atoms with Crippen molar-refractivity contribution in [2.45, 2.75) is 0 Å². The van der Waals surface area contributed by atoms with Gasteiger partial charge in [-0.3, -0.25) is 0 Å². The van der Waals surface area contributed by atoms with Gasteiger partial charge in [0.1, 0.15) is 5.75 Å². The van der Waals surface area contributed by atoms with E-state index in [-0.39, 0.29) is 0 Å². The van der Waals surface area contributed by atoms with Crippen molar-refractivity contribution in [2.24, 2.45) is 0 Å². The maximum absolute atomic E-state index is 6.15. The summed E-state index contributed by atoms with van der Waals surface area (Å²) in [6.45, 7) is 0. The molecule has 0 saturated carbocycles. The minimum Gasteiger partial charge on any atom is -0.494 e. The molecule has 0 aliphatic rings. The highest BCUT2D eigenvalue weighted by atomic mass is 35.5. The van der Waals surface area contributed by atoms with Crippen LogP contribution >= 0.6 is 11.6 Å². The van der Waals surface area contributed by atoms with Gasteiger partial charge in [0.25, 0.3) is 0 Å². The highest BCUT2D eigenvalue weighted by molar-refractivity contribution is 6.33. The van der Waals surface area contributed by atoms with E-state index in [0.717, 1.165) is 0 Å². The second-order valence-electron chi connectivity index (χ2n) is 4.07. The van der Waals surface area contributed by atoms with Crippen molar-refractivity contribution < 1.29 is 9.15 Å². The molecule has 2 aromatic carbocycles. The number of rotatable bonds is 2. The van der Waals surface area contributed by atoms with Crippen LogP contribution in [-0.4, -0.2) is 12.1 Å². The van der Waals surface area contributed by atoms with Crippen LogP contribution in [0.3, 0.4) is 0 Å². The van der Waals surface area contributed by atoms with Crippen molar-refractivity contribution >= 4 is 28.4 Å². The third kappa shape index (κ3) is 2.00. The summed E-state index contributed by atoms with van der Waals surface area (Å²) in [6.07, 6.45) is 0. The van der Waals surface area contributed by atoms with Crippen molar-refractivity contribution in [2.75, 3.05) is 12.8 Å². The van der Waals surface area contributed by atoms with Gasteiger partial charge in [-0.05, 0) is 30.3 Å². The molecule has 3 rings (SSSR count). The minimum atomic E-state index is 0.428. The number of aromatic nitrogens is 1. The summed E-state index contributed by atoms with van der Waals surface area (Å²) in [5, 5.41) is 0.541. The summed E-state index contributed by atoms with van der Waals surface area (Å²) in [5.74, 6) is 1.09. The summed E-state index contributed by atoms with van der Waals surface area (Å²) < 4.78 is 11.0. The second-order valence-corrected chi connectivity index (χ2v) is 4.47. The Labute approximate surface area is 114 Å². The van der Waals surface area contributed by atoms with Gasteiger partial charge in [-0.2, -0.15) is 0 Å². The van der Waals surface area contributed by atoms with Crippen molar-refractivity contribution in [3.05, 3.63) is 41.4 Å². The number of fused-ring (bicyclic) bond motifs is 1. The summed E-state index contributed by atoms with van der Waals surface area (Å²) in [4.78, 5) is 4.42. The predicted octanol–water partition coefficient (Wildman–Crippen LogP) is 3.74. The largest absolute Gasteiger partial charge is 0.494 e. The molecule has 0 spiro atoms. The Morgan fingerprint density at radius 3 is 2.89 bits per heavy atom. The molecule has 2 N–H and O–H groups in total. The van der Waals surface area contributed by atoms with E-state index in [2.05, 4.69) is 4.98 Å². The number of ether oxygens (including phenoxy) is 1. The number of anilines is 1. The molecule has 0 saturated heterocycles. The van der Waals surface area contributed by atoms with Crippen LogP contribution in [0.4, 0.5) is 5.69 Å². The van der Waals surface area contributed by atoms with E-state index >= 15 is 0 Å². The fraction of sp³-hybridized carbons (Fsp3) is 0.0714. The molecule has 0 atom stereocenters. The number of nitrogens with two attached hydrogens (primary N) is 1. The van der Waals surface area contributed by atoms with E-state index in [0.29, 0.717) is 39.0 Å². The van der Waals surface area contributed by atoms with Crippen LogP contribution < -0.4 is 10.5 Å². The van der Waals surface area contributed by atoms with Gasteiger partial charge >= 0.3 is 0 Å². The number of nitrogens with zero attached hydrogens (tertiary/aromatic N) is 1. The fourth-order valence-corrected chi connectivity index (χ4v) is 2.11. The molecule has 1 aromatic heterocycles. The third-order valence-corrected chi connectivity index (χ3v) is 3.15. The second kappa shape index (κ2) is 4.48. The Bertz CT molecular complexity index is 752. The van der Waals surface area contributed by atoms with E-state index in [4.69, 9.17) is 26.5 Å². The first-order chi connectivity index (χ1) is 9.19. The lowest BCUT2D eigenvalue weighted by Crippen LogP contribution is -1.87. The number of halogens is 1. The topological polar surface area (TPSA) is 61.3 Å². The van der Waals surface area contributed by atoms with Crippen molar-refractivity contribution in [1.82, 2.24) is 4.98 Å². The van der Waals surface area contributed by atoms with E-state index in [1.165, 1.54) is 0 Å². The van der Waals surface area contributed by atoms with Gasteiger partial charge in [-0.15, -0.1) is 0 Å². The lowest BCUT2D eigenvalue weighted by atomic mass is 10.2. The molecule has 0 radical (unpaired) electrons. The number of methoxy groups -OCH3 is 1. The third-order valence-electron chi connectivity index (χ3n) is 2.82.